The molecule has 3 aromatic rings. The van der Waals surface area contributed by atoms with Gasteiger partial charge in [-0.25, -0.2) is 14.6 Å². The maximum absolute atomic E-state index is 13.9. The summed E-state index contributed by atoms with van der Waals surface area (Å²) in [5.41, 5.74) is 0.257. The van der Waals surface area contributed by atoms with Gasteiger partial charge in [0.05, 0.1) is 28.0 Å². The van der Waals surface area contributed by atoms with Crippen LogP contribution in [0.2, 0.25) is 0 Å². The standard InChI is InChI=1S/C15H9F5N4O/c16-7-3-8-11(14(25)24-21)13(23-12(8)9(17)4-7)10-2-1-6(5-22-10)15(18,19)20/h1-5,23H,21H2,(H,24,25). The molecule has 5 nitrogen and oxygen atoms in total. The molecular formula is C15H9F5N4O. The highest BCUT2D eigenvalue weighted by molar-refractivity contribution is 6.12. The number of fused-ring (bicyclic) bond motifs is 1. The smallest absolute Gasteiger partial charge is 0.350 e. The third-order valence-corrected chi connectivity index (χ3v) is 3.53. The fraction of sp³-hybridized carbons (Fsp3) is 0.0667. The highest BCUT2D eigenvalue weighted by atomic mass is 19.4. The van der Waals surface area contributed by atoms with Gasteiger partial charge in [-0.2, -0.15) is 13.2 Å². The number of pyridine rings is 1. The number of rotatable bonds is 2. The molecule has 1 amide bonds. The Labute approximate surface area is 136 Å². The summed E-state index contributed by atoms with van der Waals surface area (Å²) in [6.07, 6.45) is -4.01. The Balaban J connectivity index is 2.25. The van der Waals surface area contributed by atoms with Crippen molar-refractivity contribution in [1.82, 2.24) is 15.4 Å². The number of H-pyrrole nitrogens is 1. The number of carbonyl (C=O) groups excluding carboxylic acids is 1. The van der Waals surface area contributed by atoms with Crippen molar-refractivity contribution < 1.29 is 26.7 Å². The summed E-state index contributed by atoms with van der Waals surface area (Å²) in [4.78, 5) is 18.2. The molecule has 0 atom stereocenters. The molecule has 0 spiro atoms. The summed E-state index contributed by atoms with van der Waals surface area (Å²) in [6, 6.07) is 3.28. The second-order valence-corrected chi connectivity index (χ2v) is 5.09. The molecule has 2 heterocycles. The van der Waals surface area contributed by atoms with E-state index in [0.29, 0.717) is 12.3 Å². The van der Waals surface area contributed by atoms with Gasteiger partial charge in [-0.15, -0.1) is 0 Å². The maximum atomic E-state index is 13.9. The van der Waals surface area contributed by atoms with Gasteiger partial charge in [-0.05, 0) is 18.2 Å². The van der Waals surface area contributed by atoms with E-state index in [4.69, 9.17) is 5.84 Å². The molecular weight excluding hydrogens is 347 g/mol. The largest absolute Gasteiger partial charge is 0.417 e. The van der Waals surface area contributed by atoms with E-state index in [1.807, 2.05) is 5.43 Å². The third-order valence-electron chi connectivity index (χ3n) is 3.53. The van der Waals surface area contributed by atoms with Crippen LogP contribution in [-0.2, 0) is 6.18 Å². The zero-order chi connectivity index (χ0) is 18.4. The van der Waals surface area contributed by atoms with Crippen LogP contribution in [0.1, 0.15) is 15.9 Å². The second-order valence-electron chi connectivity index (χ2n) is 5.09. The Hall–Kier alpha value is -3.01. The van der Waals surface area contributed by atoms with Crippen LogP contribution in [0.4, 0.5) is 22.0 Å². The van der Waals surface area contributed by atoms with E-state index in [1.54, 1.807) is 0 Å². The number of hydrazine groups is 1. The number of nitrogens with zero attached hydrogens (tertiary/aromatic N) is 1. The van der Waals surface area contributed by atoms with Gasteiger partial charge in [0.15, 0.2) is 0 Å². The summed E-state index contributed by atoms with van der Waals surface area (Å²) in [5.74, 6) is 2.31. The lowest BCUT2D eigenvalue weighted by molar-refractivity contribution is -0.137. The predicted molar refractivity (Wildman–Crippen MR) is 78.1 cm³/mol. The monoisotopic (exact) mass is 356 g/mol. The number of nitrogens with two attached hydrogens (primary N) is 1. The van der Waals surface area contributed by atoms with E-state index in [-0.39, 0.29) is 27.9 Å². The average molecular weight is 356 g/mol. The number of nitrogens with one attached hydrogen (secondary N) is 2. The van der Waals surface area contributed by atoms with Gasteiger partial charge in [-0.3, -0.25) is 15.2 Å². The molecule has 1 aromatic carbocycles. The first-order valence-electron chi connectivity index (χ1n) is 6.77. The van der Waals surface area contributed by atoms with Crippen LogP contribution in [-0.4, -0.2) is 15.9 Å². The van der Waals surface area contributed by atoms with Gasteiger partial charge in [0.2, 0.25) is 0 Å². The topological polar surface area (TPSA) is 83.8 Å². The van der Waals surface area contributed by atoms with Crippen molar-refractivity contribution in [2.24, 2.45) is 5.84 Å². The minimum absolute atomic E-state index is 0.0670. The minimum Gasteiger partial charge on any atom is -0.350 e. The summed E-state index contributed by atoms with van der Waals surface area (Å²) in [7, 11) is 0. The predicted octanol–water partition coefficient (Wildman–Crippen LogP) is 3.13. The first-order valence-corrected chi connectivity index (χ1v) is 6.77. The summed E-state index contributed by atoms with van der Waals surface area (Å²) >= 11 is 0. The summed E-state index contributed by atoms with van der Waals surface area (Å²) in [5, 5.41) is -0.114. The molecule has 2 aromatic heterocycles. The Morgan fingerprint density at radius 1 is 1.20 bits per heavy atom. The number of aromatic amines is 1. The second kappa shape index (κ2) is 5.81. The molecule has 0 saturated heterocycles. The zero-order valence-electron chi connectivity index (χ0n) is 12.2. The highest BCUT2D eigenvalue weighted by Gasteiger charge is 2.31. The number of hydrogen-bond acceptors (Lipinski definition) is 3. The van der Waals surface area contributed by atoms with Gasteiger partial charge in [-0.1, -0.05) is 0 Å². The van der Waals surface area contributed by atoms with E-state index in [2.05, 4.69) is 9.97 Å². The van der Waals surface area contributed by atoms with Gasteiger partial charge >= 0.3 is 6.18 Å². The molecule has 130 valence electrons. The average Bonchev–Trinajstić information content (AvgIpc) is 2.93. The van der Waals surface area contributed by atoms with Crippen molar-refractivity contribution in [3.63, 3.8) is 0 Å². The van der Waals surface area contributed by atoms with E-state index >= 15 is 0 Å². The van der Waals surface area contributed by atoms with E-state index in [0.717, 1.165) is 18.2 Å². The van der Waals surface area contributed by atoms with Crippen molar-refractivity contribution in [2.75, 3.05) is 0 Å². The number of benzene rings is 1. The fourth-order valence-electron chi connectivity index (χ4n) is 2.43. The number of nitrogen functional groups attached to an aromatic ring is 1. The van der Waals surface area contributed by atoms with Crippen molar-refractivity contribution in [2.45, 2.75) is 6.18 Å². The number of carbonyl (C=O) groups is 1. The lowest BCUT2D eigenvalue weighted by Crippen LogP contribution is -2.30. The summed E-state index contributed by atoms with van der Waals surface area (Å²) in [6.45, 7) is 0. The van der Waals surface area contributed by atoms with Crippen LogP contribution in [0.25, 0.3) is 22.3 Å². The molecule has 0 aliphatic rings. The van der Waals surface area contributed by atoms with Gasteiger partial charge in [0.1, 0.15) is 11.6 Å². The van der Waals surface area contributed by atoms with Crippen LogP contribution in [0.3, 0.4) is 0 Å². The number of halogens is 5. The lowest BCUT2D eigenvalue weighted by atomic mass is 10.1. The number of alkyl halides is 3. The Morgan fingerprint density at radius 3 is 2.48 bits per heavy atom. The van der Waals surface area contributed by atoms with Crippen molar-refractivity contribution in [3.8, 4) is 11.4 Å². The Morgan fingerprint density at radius 2 is 1.92 bits per heavy atom. The molecule has 10 heteroatoms. The number of aromatic nitrogens is 2. The van der Waals surface area contributed by atoms with Crippen molar-refractivity contribution in [3.05, 3.63) is 53.2 Å². The lowest BCUT2D eigenvalue weighted by Gasteiger charge is -2.07. The van der Waals surface area contributed by atoms with E-state index < -0.39 is 29.3 Å². The fourth-order valence-corrected chi connectivity index (χ4v) is 2.43. The van der Waals surface area contributed by atoms with Crippen LogP contribution >= 0.6 is 0 Å². The van der Waals surface area contributed by atoms with Crippen LogP contribution in [0.15, 0.2) is 30.5 Å². The van der Waals surface area contributed by atoms with Crippen LogP contribution < -0.4 is 11.3 Å². The molecule has 25 heavy (non-hydrogen) atoms. The maximum Gasteiger partial charge on any atom is 0.417 e. The molecule has 3 rings (SSSR count). The zero-order valence-corrected chi connectivity index (χ0v) is 12.2. The normalized spacial score (nSPS) is 11.8. The first-order chi connectivity index (χ1) is 11.7. The van der Waals surface area contributed by atoms with Gasteiger partial charge < -0.3 is 4.98 Å². The van der Waals surface area contributed by atoms with Crippen molar-refractivity contribution in [1.29, 1.82) is 0 Å². The van der Waals surface area contributed by atoms with Crippen LogP contribution in [0, 0.1) is 11.6 Å². The molecule has 0 saturated carbocycles. The molecule has 0 aliphatic carbocycles. The van der Waals surface area contributed by atoms with Gasteiger partial charge in [0.25, 0.3) is 5.91 Å². The molecule has 0 aliphatic heterocycles. The number of hydrogen-bond donors (Lipinski definition) is 3. The molecule has 0 bridgehead atoms. The SMILES string of the molecule is NNC(=O)c1c(-c2ccc(C(F)(F)F)cn2)[nH]c2c(F)cc(F)cc12. The third kappa shape index (κ3) is 2.91. The van der Waals surface area contributed by atoms with Crippen LogP contribution in [0.5, 0.6) is 0 Å². The molecule has 0 unspecified atom stereocenters. The van der Waals surface area contributed by atoms with E-state index in [9.17, 15) is 26.7 Å². The van der Waals surface area contributed by atoms with E-state index in [1.165, 1.54) is 0 Å². The highest BCUT2D eigenvalue weighted by Crippen LogP contribution is 2.33. The molecule has 0 fully saturated rings. The van der Waals surface area contributed by atoms with Crippen molar-refractivity contribution >= 4 is 16.8 Å². The summed E-state index contributed by atoms with van der Waals surface area (Å²) < 4.78 is 65.3. The van der Waals surface area contributed by atoms with Gasteiger partial charge in [0, 0.05) is 17.6 Å². The first kappa shape index (κ1) is 16.8. The molecule has 0 radical (unpaired) electrons. The Bertz CT molecular complexity index is 963. The minimum atomic E-state index is -4.58. The Kier molecular flexibility index (Phi) is 3.91. The molecule has 4 N–H and O–H groups in total. The number of amides is 1. The quantitative estimate of drug-likeness (QED) is 0.285.